The smallest absolute Gasteiger partial charge is 0.473 e. The summed E-state index contributed by atoms with van der Waals surface area (Å²) < 4.78 is 5.22. The van der Waals surface area contributed by atoms with E-state index in [9.17, 15) is 10.1 Å². The van der Waals surface area contributed by atoms with E-state index in [0.717, 1.165) is 0 Å². The van der Waals surface area contributed by atoms with Gasteiger partial charge < -0.3 is 25.2 Å². The summed E-state index contributed by atoms with van der Waals surface area (Å²) in [6, 6.07) is 7.17. The minimum Gasteiger partial charge on any atom is -0.495 e. The van der Waals surface area contributed by atoms with Crippen LogP contribution >= 0.6 is 0 Å². The Morgan fingerprint density at radius 3 is 2.90 bits per heavy atom. The first kappa shape index (κ1) is 12.8. The highest BCUT2D eigenvalue weighted by Crippen LogP contribution is 2.29. The predicted octanol–water partition coefficient (Wildman–Crippen LogP) is 2.01. The minimum absolute atomic E-state index is 0.217. The fourth-order valence-corrected chi connectivity index (χ4v) is 1.87. The van der Waals surface area contributed by atoms with Gasteiger partial charge in [-0.15, -0.1) is 0 Å². The SMILES string of the molecule is COc1ccccc1Nc1nc([N+](=O)[O-])nc2nc[nH]c12. The number of anilines is 2. The Morgan fingerprint density at radius 1 is 1.33 bits per heavy atom. The van der Waals surface area contributed by atoms with E-state index < -0.39 is 10.9 Å². The molecule has 0 fully saturated rings. The number of rotatable bonds is 4. The Kier molecular flexibility index (Phi) is 3.07. The Balaban J connectivity index is 2.11. The van der Waals surface area contributed by atoms with Gasteiger partial charge in [0.15, 0.2) is 5.52 Å². The van der Waals surface area contributed by atoms with E-state index in [2.05, 4.69) is 25.3 Å². The summed E-state index contributed by atoms with van der Waals surface area (Å²) in [5.74, 6) is 0.326. The van der Waals surface area contributed by atoms with Crippen LogP contribution < -0.4 is 10.1 Å². The van der Waals surface area contributed by atoms with E-state index >= 15 is 0 Å². The molecule has 0 atom stereocenters. The van der Waals surface area contributed by atoms with Gasteiger partial charge in [-0.2, -0.15) is 0 Å². The summed E-state index contributed by atoms with van der Waals surface area (Å²) in [5.41, 5.74) is 1.32. The second kappa shape index (κ2) is 5.04. The molecule has 2 aromatic heterocycles. The van der Waals surface area contributed by atoms with Gasteiger partial charge in [0, 0.05) is 0 Å². The number of aromatic amines is 1. The first-order valence-corrected chi connectivity index (χ1v) is 5.94. The van der Waals surface area contributed by atoms with Gasteiger partial charge in [-0.1, -0.05) is 12.1 Å². The van der Waals surface area contributed by atoms with E-state index in [1.807, 2.05) is 12.1 Å². The first-order chi connectivity index (χ1) is 10.2. The third kappa shape index (κ3) is 2.31. The lowest BCUT2D eigenvalue weighted by atomic mass is 10.3. The minimum atomic E-state index is -0.665. The van der Waals surface area contributed by atoms with Crippen molar-refractivity contribution in [2.75, 3.05) is 12.4 Å². The zero-order valence-electron chi connectivity index (χ0n) is 10.9. The molecule has 2 heterocycles. The molecule has 9 heteroatoms. The molecule has 0 bridgehead atoms. The van der Waals surface area contributed by atoms with Crippen LogP contribution in [0.2, 0.25) is 0 Å². The number of benzene rings is 1. The van der Waals surface area contributed by atoms with Crippen molar-refractivity contribution in [3.8, 4) is 5.75 Å². The maximum absolute atomic E-state index is 10.9. The summed E-state index contributed by atoms with van der Waals surface area (Å²) >= 11 is 0. The lowest BCUT2D eigenvalue weighted by Crippen LogP contribution is -2.02. The molecule has 0 radical (unpaired) electrons. The predicted molar refractivity (Wildman–Crippen MR) is 74.6 cm³/mol. The lowest BCUT2D eigenvalue weighted by Gasteiger charge is -2.08. The molecule has 0 saturated heterocycles. The molecule has 0 aliphatic carbocycles. The van der Waals surface area contributed by atoms with Gasteiger partial charge in [0.2, 0.25) is 5.82 Å². The van der Waals surface area contributed by atoms with Gasteiger partial charge in [-0.3, -0.25) is 0 Å². The normalized spacial score (nSPS) is 10.5. The van der Waals surface area contributed by atoms with Gasteiger partial charge >= 0.3 is 5.95 Å². The molecule has 0 spiro atoms. The number of nitro groups is 1. The number of hydrogen-bond acceptors (Lipinski definition) is 7. The molecular weight excluding hydrogens is 276 g/mol. The molecule has 9 nitrogen and oxygen atoms in total. The van der Waals surface area contributed by atoms with E-state index in [4.69, 9.17) is 4.74 Å². The van der Waals surface area contributed by atoms with E-state index in [0.29, 0.717) is 17.0 Å². The van der Waals surface area contributed by atoms with Crippen LogP contribution in [0.3, 0.4) is 0 Å². The van der Waals surface area contributed by atoms with E-state index in [-0.39, 0.29) is 11.5 Å². The Morgan fingerprint density at radius 2 is 2.14 bits per heavy atom. The number of H-pyrrole nitrogens is 1. The van der Waals surface area contributed by atoms with Crippen LogP contribution in [0.4, 0.5) is 17.5 Å². The van der Waals surface area contributed by atoms with Crippen LogP contribution in [0.5, 0.6) is 5.75 Å². The van der Waals surface area contributed by atoms with Gasteiger partial charge in [0.25, 0.3) is 5.65 Å². The molecule has 1 aromatic carbocycles. The van der Waals surface area contributed by atoms with Crippen molar-refractivity contribution < 1.29 is 9.66 Å². The zero-order chi connectivity index (χ0) is 14.8. The number of ether oxygens (including phenoxy) is 1. The highest BCUT2D eigenvalue weighted by atomic mass is 16.6. The van der Waals surface area contributed by atoms with Crippen molar-refractivity contribution in [3.63, 3.8) is 0 Å². The average Bonchev–Trinajstić information content (AvgIpc) is 2.96. The fourth-order valence-electron chi connectivity index (χ4n) is 1.87. The van der Waals surface area contributed by atoms with Crippen molar-refractivity contribution in [2.45, 2.75) is 0 Å². The summed E-state index contributed by atoms with van der Waals surface area (Å²) in [7, 11) is 1.54. The van der Waals surface area contributed by atoms with Crippen LogP contribution in [-0.4, -0.2) is 32.0 Å². The Hall–Kier alpha value is -3.23. The second-order valence-corrected chi connectivity index (χ2v) is 4.06. The molecule has 106 valence electrons. The van der Waals surface area contributed by atoms with Gasteiger partial charge in [0.05, 0.1) is 19.1 Å². The number of imidazole rings is 1. The molecule has 0 aliphatic rings. The lowest BCUT2D eigenvalue weighted by molar-refractivity contribution is -0.394. The van der Waals surface area contributed by atoms with E-state index in [1.165, 1.54) is 13.4 Å². The molecule has 0 amide bonds. The maximum atomic E-state index is 10.9. The summed E-state index contributed by atoms with van der Waals surface area (Å²) in [5, 5.41) is 13.9. The number of para-hydroxylation sites is 2. The fraction of sp³-hybridized carbons (Fsp3) is 0.0833. The monoisotopic (exact) mass is 286 g/mol. The van der Waals surface area contributed by atoms with Gasteiger partial charge in [0.1, 0.15) is 5.75 Å². The highest BCUT2D eigenvalue weighted by molar-refractivity contribution is 5.86. The Labute approximate surface area is 118 Å². The molecule has 3 rings (SSSR count). The molecular formula is C12H10N6O3. The number of nitrogens with one attached hydrogen (secondary N) is 2. The molecule has 0 unspecified atom stereocenters. The largest absolute Gasteiger partial charge is 0.495 e. The van der Waals surface area contributed by atoms with Gasteiger partial charge in [-0.05, 0) is 27.0 Å². The quantitative estimate of drug-likeness (QED) is 0.556. The molecule has 0 aliphatic heterocycles. The third-order valence-electron chi connectivity index (χ3n) is 2.80. The third-order valence-corrected chi connectivity index (χ3v) is 2.80. The van der Waals surface area contributed by atoms with Crippen LogP contribution in [0.15, 0.2) is 30.6 Å². The maximum Gasteiger partial charge on any atom is 0.473 e. The van der Waals surface area contributed by atoms with Crippen molar-refractivity contribution in [1.82, 2.24) is 19.9 Å². The first-order valence-electron chi connectivity index (χ1n) is 5.94. The molecule has 3 aromatic rings. The Bertz CT molecular complexity index is 816. The van der Waals surface area contributed by atoms with Crippen molar-refractivity contribution in [1.29, 1.82) is 0 Å². The molecule has 0 saturated carbocycles. The zero-order valence-corrected chi connectivity index (χ0v) is 10.9. The number of aromatic nitrogens is 4. The van der Waals surface area contributed by atoms with Gasteiger partial charge in [-0.25, -0.2) is 4.98 Å². The van der Waals surface area contributed by atoms with Crippen LogP contribution in [0.1, 0.15) is 0 Å². The topological polar surface area (TPSA) is 119 Å². The number of methoxy groups -OCH3 is 1. The van der Waals surface area contributed by atoms with Crippen molar-refractivity contribution >= 4 is 28.6 Å². The van der Waals surface area contributed by atoms with E-state index in [1.54, 1.807) is 12.1 Å². The second-order valence-electron chi connectivity index (χ2n) is 4.06. The molecule has 2 N–H and O–H groups in total. The van der Waals surface area contributed by atoms with Crippen LogP contribution in [0, 0.1) is 10.1 Å². The van der Waals surface area contributed by atoms with Crippen LogP contribution in [-0.2, 0) is 0 Å². The summed E-state index contributed by atoms with van der Waals surface area (Å²) in [4.78, 5) is 24.6. The summed E-state index contributed by atoms with van der Waals surface area (Å²) in [6.45, 7) is 0. The summed E-state index contributed by atoms with van der Waals surface area (Å²) in [6.07, 6.45) is 1.40. The number of nitrogens with zero attached hydrogens (tertiary/aromatic N) is 4. The number of fused-ring (bicyclic) bond motifs is 1. The standard InChI is InChI=1S/C12H10N6O3/c1-21-8-5-3-2-4-7(8)15-11-9-10(14-6-13-9)16-12(17-11)18(19)20/h2-6H,1H3,(H2,13,14,15,16,17). The molecule has 21 heavy (non-hydrogen) atoms. The van der Waals surface area contributed by atoms with Crippen molar-refractivity contribution in [3.05, 3.63) is 40.7 Å². The average molecular weight is 286 g/mol. The highest BCUT2D eigenvalue weighted by Gasteiger charge is 2.20. The van der Waals surface area contributed by atoms with Crippen LogP contribution in [0.25, 0.3) is 11.2 Å². The number of hydrogen-bond donors (Lipinski definition) is 2. The van der Waals surface area contributed by atoms with Crippen molar-refractivity contribution in [2.24, 2.45) is 0 Å².